The molecule has 0 spiro atoms. The number of aromatic amines is 1. The third-order valence-electron chi connectivity index (χ3n) is 3.77. The van der Waals surface area contributed by atoms with Crippen molar-refractivity contribution in [3.63, 3.8) is 0 Å². The number of methoxy groups -OCH3 is 1. The van der Waals surface area contributed by atoms with Crippen LogP contribution in [0.5, 0.6) is 0 Å². The van der Waals surface area contributed by atoms with Crippen molar-refractivity contribution in [3.05, 3.63) is 48.3 Å². The predicted octanol–water partition coefficient (Wildman–Crippen LogP) is 2.00. The fourth-order valence-electron chi connectivity index (χ4n) is 2.43. The molecule has 1 aromatic carbocycles. The Bertz CT molecular complexity index is 787. The van der Waals surface area contributed by atoms with Crippen LogP contribution in [0.4, 0.5) is 5.69 Å². The molecule has 0 fully saturated rings. The number of H-pyrrole nitrogens is 1. The lowest BCUT2D eigenvalue weighted by Crippen LogP contribution is -2.29. The fourth-order valence-corrected chi connectivity index (χ4v) is 3.49. The number of hydrogen-bond acceptors (Lipinski definition) is 5. The maximum atomic E-state index is 12.2. The molecular weight excluding hydrogens is 342 g/mol. The Morgan fingerprint density at radius 2 is 2.00 bits per heavy atom. The first-order chi connectivity index (χ1) is 12.0. The highest BCUT2D eigenvalue weighted by Gasteiger charge is 2.18. The molecule has 0 atom stereocenters. The highest BCUT2D eigenvalue weighted by Crippen LogP contribution is 2.14. The molecule has 7 nitrogen and oxygen atoms in total. The van der Waals surface area contributed by atoms with E-state index in [1.165, 1.54) is 19.4 Å². The van der Waals surface area contributed by atoms with Gasteiger partial charge >= 0.3 is 5.97 Å². The second kappa shape index (κ2) is 8.68. The van der Waals surface area contributed by atoms with E-state index < -0.39 is 16.0 Å². The van der Waals surface area contributed by atoms with Crippen molar-refractivity contribution in [1.82, 2.24) is 9.71 Å². The minimum absolute atomic E-state index is 0.0170. The van der Waals surface area contributed by atoms with E-state index in [0.717, 1.165) is 18.8 Å². The van der Waals surface area contributed by atoms with Crippen LogP contribution < -0.4 is 9.62 Å². The maximum Gasteiger partial charge on any atom is 0.354 e. The molecule has 0 amide bonds. The fraction of sp³-hybridized carbons (Fsp3) is 0.353. The Kier molecular flexibility index (Phi) is 6.60. The first-order valence-electron chi connectivity index (χ1n) is 8.04. The van der Waals surface area contributed by atoms with Crippen molar-refractivity contribution in [3.8, 4) is 0 Å². The Morgan fingerprint density at radius 1 is 1.28 bits per heavy atom. The van der Waals surface area contributed by atoms with Crippen LogP contribution in [-0.4, -0.2) is 46.1 Å². The molecular formula is C17H23N3O4S. The number of rotatable bonds is 9. The topological polar surface area (TPSA) is 91.5 Å². The smallest absolute Gasteiger partial charge is 0.354 e. The summed E-state index contributed by atoms with van der Waals surface area (Å²) in [6.45, 7) is 3.95. The number of esters is 1. The van der Waals surface area contributed by atoms with E-state index in [9.17, 15) is 13.2 Å². The molecule has 2 rings (SSSR count). The number of aromatic nitrogens is 1. The average Bonchev–Trinajstić information content (AvgIpc) is 3.13. The van der Waals surface area contributed by atoms with Crippen molar-refractivity contribution in [2.75, 3.05) is 31.6 Å². The van der Waals surface area contributed by atoms with Gasteiger partial charge in [-0.3, -0.25) is 0 Å². The molecule has 2 aromatic rings. The van der Waals surface area contributed by atoms with Gasteiger partial charge < -0.3 is 14.6 Å². The van der Waals surface area contributed by atoms with Crippen molar-refractivity contribution in [2.45, 2.75) is 18.2 Å². The van der Waals surface area contributed by atoms with Gasteiger partial charge in [0.2, 0.25) is 10.0 Å². The van der Waals surface area contributed by atoms with Gasteiger partial charge in [-0.05, 0) is 31.5 Å². The summed E-state index contributed by atoms with van der Waals surface area (Å²) in [4.78, 5) is 16.2. The number of sulfonamides is 1. The van der Waals surface area contributed by atoms with Crippen LogP contribution in [0, 0.1) is 0 Å². The van der Waals surface area contributed by atoms with Gasteiger partial charge in [-0.1, -0.05) is 18.2 Å². The first kappa shape index (κ1) is 19.0. The number of nitrogens with one attached hydrogen (secondary N) is 2. The lowest BCUT2D eigenvalue weighted by Gasteiger charge is -2.23. The highest BCUT2D eigenvalue weighted by atomic mass is 32.2. The summed E-state index contributed by atoms with van der Waals surface area (Å²) in [7, 11) is -2.42. The first-order valence-corrected chi connectivity index (χ1v) is 9.52. The number of hydrogen-bond donors (Lipinski definition) is 2. The molecule has 2 N–H and O–H groups in total. The molecule has 0 saturated heterocycles. The molecule has 0 aliphatic carbocycles. The second-order valence-corrected chi connectivity index (χ2v) is 7.17. The van der Waals surface area contributed by atoms with Crippen molar-refractivity contribution in [1.29, 1.82) is 0 Å². The molecule has 0 saturated carbocycles. The Balaban J connectivity index is 1.88. The number of carbonyl (C=O) groups is 1. The molecule has 0 unspecified atom stereocenters. The lowest BCUT2D eigenvalue weighted by atomic mass is 10.2. The molecule has 1 aromatic heterocycles. The monoisotopic (exact) mass is 365 g/mol. The summed E-state index contributed by atoms with van der Waals surface area (Å²) in [5.74, 6) is -0.608. The Labute approximate surface area is 148 Å². The third kappa shape index (κ3) is 5.07. The number of benzene rings is 1. The standard InChI is InChI=1S/C17H23N3O4S/c1-3-20(14-8-5-4-6-9-14)11-7-10-19-25(22,23)15-12-16(18-13-15)17(21)24-2/h4-6,8-9,12-13,18-19H,3,7,10-11H2,1-2H3. The largest absolute Gasteiger partial charge is 0.464 e. The van der Waals surface area contributed by atoms with Crippen LogP contribution in [0.3, 0.4) is 0 Å². The zero-order valence-electron chi connectivity index (χ0n) is 14.4. The van der Waals surface area contributed by atoms with Gasteiger partial charge in [0.25, 0.3) is 0 Å². The van der Waals surface area contributed by atoms with E-state index in [1.54, 1.807) is 0 Å². The molecule has 8 heteroatoms. The minimum atomic E-state index is -3.66. The van der Waals surface area contributed by atoms with Gasteiger partial charge in [0.05, 0.1) is 7.11 Å². The van der Waals surface area contributed by atoms with Gasteiger partial charge in [0.15, 0.2) is 0 Å². The van der Waals surface area contributed by atoms with Gasteiger partial charge in [-0.2, -0.15) is 0 Å². The highest BCUT2D eigenvalue weighted by molar-refractivity contribution is 7.89. The van der Waals surface area contributed by atoms with Gasteiger partial charge in [-0.15, -0.1) is 0 Å². The van der Waals surface area contributed by atoms with E-state index in [4.69, 9.17) is 0 Å². The second-order valence-electron chi connectivity index (χ2n) is 5.41. The van der Waals surface area contributed by atoms with E-state index in [0.29, 0.717) is 13.0 Å². The minimum Gasteiger partial charge on any atom is -0.464 e. The Hall–Kier alpha value is -2.32. The third-order valence-corrected chi connectivity index (χ3v) is 5.21. The number of anilines is 1. The number of carbonyl (C=O) groups excluding carboxylic acids is 1. The quantitative estimate of drug-likeness (QED) is 0.524. The molecule has 136 valence electrons. The van der Waals surface area contributed by atoms with Crippen LogP contribution in [0.25, 0.3) is 0 Å². The lowest BCUT2D eigenvalue weighted by molar-refractivity contribution is 0.0594. The molecule has 0 aliphatic heterocycles. The summed E-state index contributed by atoms with van der Waals surface area (Å²) in [6, 6.07) is 11.2. The normalized spacial score (nSPS) is 11.3. The zero-order valence-corrected chi connectivity index (χ0v) is 15.2. The number of ether oxygens (including phenoxy) is 1. The van der Waals surface area contributed by atoms with Crippen LogP contribution in [-0.2, 0) is 14.8 Å². The van der Waals surface area contributed by atoms with E-state index in [1.807, 2.05) is 30.3 Å². The zero-order chi connectivity index (χ0) is 18.3. The molecule has 1 heterocycles. The molecule has 0 aliphatic rings. The van der Waals surface area contributed by atoms with Gasteiger partial charge in [0, 0.05) is 31.5 Å². The summed E-state index contributed by atoms with van der Waals surface area (Å²) in [5, 5.41) is 0. The van der Waals surface area contributed by atoms with Crippen LogP contribution in [0.1, 0.15) is 23.8 Å². The van der Waals surface area contributed by atoms with E-state index in [-0.39, 0.29) is 10.6 Å². The maximum absolute atomic E-state index is 12.2. The van der Waals surface area contributed by atoms with Crippen molar-refractivity contribution < 1.29 is 17.9 Å². The van der Waals surface area contributed by atoms with E-state index in [2.05, 4.69) is 26.3 Å². The summed E-state index contributed by atoms with van der Waals surface area (Å²) < 4.78 is 31.6. The van der Waals surface area contributed by atoms with E-state index >= 15 is 0 Å². The molecule has 0 bridgehead atoms. The van der Waals surface area contributed by atoms with Crippen molar-refractivity contribution in [2.24, 2.45) is 0 Å². The molecule has 0 radical (unpaired) electrons. The van der Waals surface area contributed by atoms with Crippen molar-refractivity contribution >= 4 is 21.7 Å². The van der Waals surface area contributed by atoms with Crippen LogP contribution >= 0.6 is 0 Å². The summed E-state index contributed by atoms with van der Waals surface area (Å²) in [6.07, 6.45) is 1.94. The van der Waals surface area contributed by atoms with Gasteiger partial charge in [-0.25, -0.2) is 17.9 Å². The average molecular weight is 365 g/mol. The van der Waals surface area contributed by atoms with Gasteiger partial charge in [0.1, 0.15) is 10.6 Å². The number of para-hydroxylation sites is 1. The summed E-state index contributed by atoms with van der Waals surface area (Å²) in [5.41, 5.74) is 1.21. The SMILES string of the molecule is CCN(CCCNS(=O)(=O)c1c[nH]c(C(=O)OC)c1)c1ccccc1. The van der Waals surface area contributed by atoms with Crippen LogP contribution in [0.2, 0.25) is 0 Å². The Morgan fingerprint density at radius 3 is 2.64 bits per heavy atom. The number of nitrogens with zero attached hydrogens (tertiary/aromatic N) is 1. The van der Waals surface area contributed by atoms with Crippen LogP contribution in [0.15, 0.2) is 47.5 Å². The predicted molar refractivity (Wildman–Crippen MR) is 96.3 cm³/mol. The summed E-state index contributed by atoms with van der Waals surface area (Å²) >= 11 is 0. The molecule has 25 heavy (non-hydrogen) atoms.